The fourth-order valence-corrected chi connectivity index (χ4v) is 7.28. The molecule has 5 nitrogen and oxygen atoms in total. The van der Waals surface area contributed by atoms with E-state index in [0.717, 1.165) is 56.8 Å². The van der Waals surface area contributed by atoms with Crippen molar-refractivity contribution in [2.24, 2.45) is 0 Å². The predicted molar refractivity (Wildman–Crippen MR) is 156 cm³/mol. The third-order valence-electron chi connectivity index (χ3n) is 6.58. The van der Waals surface area contributed by atoms with Crippen molar-refractivity contribution < 1.29 is 9.53 Å². The Morgan fingerprint density at radius 1 is 1.03 bits per heavy atom. The number of carbonyl (C=O) groups excluding carboxylic acids is 1. The predicted octanol–water partition coefficient (Wildman–Crippen LogP) is 7.89. The minimum absolute atomic E-state index is 0.0164. The maximum atomic E-state index is 13.7. The van der Waals surface area contributed by atoms with Crippen molar-refractivity contribution in [3.05, 3.63) is 71.1 Å². The van der Waals surface area contributed by atoms with E-state index in [1.165, 1.54) is 22.2 Å². The maximum Gasteiger partial charge on any atom is 0.241 e. The van der Waals surface area contributed by atoms with Gasteiger partial charge >= 0.3 is 0 Å². The minimum atomic E-state index is -0.189. The molecule has 0 radical (unpaired) electrons. The Morgan fingerprint density at radius 3 is 2.32 bits per heavy atom. The molecule has 1 amide bonds. The van der Waals surface area contributed by atoms with Gasteiger partial charge in [0, 0.05) is 33.8 Å². The summed E-state index contributed by atoms with van der Waals surface area (Å²) in [5.41, 5.74) is 2.82. The van der Waals surface area contributed by atoms with E-state index in [4.69, 9.17) is 14.7 Å². The van der Waals surface area contributed by atoms with Crippen LogP contribution >= 0.6 is 34.9 Å². The molecular formula is C29H31N3O2S3. The number of hydrogen-bond donors (Lipinski definition) is 0. The molecule has 0 spiro atoms. The lowest BCUT2D eigenvalue weighted by Crippen LogP contribution is -2.33. The van der Waals surface area contributed by atoms with Crippen LogP contribution in [0.25, 0.3) is 10.2 Å². The number of anilines is 2. The van der Waals surface area contributed by atoms with Crippen LogP contribution in [0.4, 0.5) is 11.4 Å². The number of thiophene rings is 1. The number of ether oxygens (including phenoxy) is 1. The largest absolute Gasteiger partial charge is 0.369 e. The van der Waals surface area contributed by atoms with Crippen molar-refractivity contribution in [3.8, 4) is 0 Å². The second kappa shape index (κ2) is 11.6. The molecule has 2 aromatic heterocycles. The molecule has 4 aromatic rings. The van der Waals surface area contributed by atoms with Gasteiger partial charge in [0.05, 0.1) is 18.0 Å². The number of benzene rings is 2. The van der Waals surface area contributed by atoms with Gasteiger partial charge in [0.25, 0.3) is 0 Å². The highest BCUT2D eigenvalue weighted by Crippen LogP contribution is 2.43. The number of thioether (sulfide) groups is 2. The smallest absolute Gasteiger partial charge is 0.241 e. The molecule has 0 bridgehead atoms. The first kappa shape index (κ1) is 26.2. The van der Waals surface area contributed by atoms with Crippen LogP contribution in [0, 0.1) is 0 Å². The molecule has 0 N–H and O–H groups in total. The number of nitrogens with zero attached hydrogens (tertiary/aromatic N) is 3. The normalized spacial score (nSPS) is 17.1. The molecule has 0 saturated carbocycles. The van der Waals surface area contributed by atoms with Gasteiger partial charge < -0.3 is 4.74 Å². The zero-order valence-electron chi connectivity index (χ0n) is 21.4. The number of aromatic nitrogens is 2. The van der Waals surface area contributed by atoms with Gasteiger partial charge in [-0.2, -0.15) is 0 Å². The number of carbonyl (C=O) groups is 1. The number of amides is 1. The molecule has 3 heterocycles. The second-order valence-electron chi connectivity index (χ2n) is 9.30. The standard InChI is InChI=1S/C29H31N3O2S3/c1-4-16-35-28-30-26(25-22-17-29(3,5-2)34-18-23(22)37-27(25)31-28)36-19-24(33)32(20-12-8-6-9-13-20)21-14-10-7-11-15-21/h6-15H,4-5,16-19H2,1-3H3/t29-/m0/s1. The van der Waals surface area contributed by atoms with Crippen molar-refractivity contribution in [2.45, 2.75) is 62.4 Å². The van der Waals surface area contributed by atoms with Crippen LogP contribution in [0.1, 0.15) is 44.1 Å². The highest BCUT2D eigenvalue weighted by Gasteiger charge is 2.33. The van der Waals surface area contributed by atoms with Crippen LogP contribution in [0.5, 0.6) is 0 Å². The van der Waals surface area contributed by atoms with E-state index < -0.39 is 0 Å². The monoisotopic (exact) mass is 549 g/mol. The molecular weight excluding hydrogens is 519 g/mol. The summed E-state index contributed by atoms with van der Waals surface area (Å²) < 4.78 is 6.22. The molecule has 5 rings (SSSR count). The second-order valence-corrected chi connectivity index (χ2v) is 12.4. The molecule has 37 heavy (non-hydrogen) atoms. The SMILES string of the molecule is CCCSc1nc(SCC(=O)N(c2ccccc2)c2ccccc2)c2c3c(sc2n1)CO[C@@](C)(CC)C3. The summed E-state index contributed by atoms with van der Waals surface area (Å²) in [7, 11) is 0. The van der Waals surface area contributed by atoms with E-state index in [1.807, 2.05) is 60.7 Å². The topological polar surface area (TPSA) is 55.3 Å². The average Bonchev–Trinajstić information content (AvgIpc) is 3.29. The molecule has 1 aliphatic heterocycles. The van der Waals surface area contributed by atoms with Gasteiger partial charge in [0.1, 0.15) is 9.86 Å². The van der Waals surface area contributed by atoms with Gasteiger partial charge in [0.15, 0.2) is 5.16 Å². The molecule has 192 valence electrons. The summed E-state index contributed by atoms with van der Waals surface area (Å²) in [6.45, 7) is 7.12. The van der Waals surface area contributed by atoms with Crippen LogP contribution in [0.3, 0.4) is 0 Å². The van der Waals surface area contributed by atoms with E-state index in [-0.39, 0.29) is 17.3 Å². The molecule has 2 aromatic carbocycles. The first-order valence-electron chi connectivity index (χ1n) is 12.7. The molecule has 8 heteroatoms. The number of hydrogen-bond acceptors (Lipinski definition) is 7. The Kier molecular flexibility index (Phi) is 8.19. The molecule has 1 aliphatic rings. The third kappa shape index (κ3) is 5.72. The first-order chi connectivity index (χ1) is 18.0. The molecule has 0 aliphatic carbocycles. The van der Waals surface area contributed by atoms with Crippen LogP contribution < -0.4 is 4.90 Å². The van der Waals surface area contributed by atoms with Crippen molar-refractivity contribution >= 4 is 62.4 Å². The Labute approximate surface area is 231 Å². The number of rotatable bonds is 9. The fourth-order valence-electron chi connectivity index (χ4n) is 4.40. The summed E-state index contributed by atoms with van der Waals surface area (Å²) in [5.74, 6) is 1.26. The van der Waals surface area contributed by atoms with Crippen molar-refractivity contribution in [1.82, 2.24) is 9.97 Å². The Morgan fingerprint density at radius 2 is 1.70 bits per heavy atom. The summed E-state index contributed by atoms with van der Waals surface area (Å²) >= 11 is 4.91. The van der Waals surface area contributed by atoms with E-state index in [1.54, 1.807) is 28.0 Å². The first-order valence-corrected chi connectivity index (χ1v) is 15.4. The highest BCUT2D eigenvalue weighted by atomic mass is 32.2. The van der Waals surface area contributed by atoms with Gasteiger partial charge in [-0.15, -0.1) is 11.3 Å². The van der Waals surface area contributed by atoms with E-state index in [0.29, 0.717) is 6.61 Å². The Hall–Kier alpha value is -2.39. The van der Waals surface area contributed by atoms with Gasteiger partial charge in [-0.05, 0) is 49.6 Å². The molecule has 0 saturated heterocycles. The lowest BCUT2D eigenvalue weighted by atomic mass is 9.90. The Balaban J connectivity index is 1.49. The van der Waals surface area contributed by atoms with Crippen molar-refractivity contribution in [2.75, 3.05) is 16.4 Å². The van der Waals surface area contributed by atoms with Gasteiger partial charge in [-0.25, -0.2) is 9.97 Å². The quantitative estimate of drug-likeness (QED) is 0.120. The Bertz CT molecular complexity index is 1340. The van der Waals surface area contributed by atoms with E-state index in [9.17, 15) is 4.79 Å². The third-order valence-corrected chi connectivity index (χ3v) is 9.69. The van der Waals surface area contributed by atoms with E-state index in [2.05, 4.69) is 20.8 Å². The summed E-state index contributed by atoms with van der Waals surface area (Å²) in [6.07, 6.45) is 2.84. The van der Waals surface area contributed by atoms with Crippen LogP contribution in [0.2, 0.25) is 0 Å². The maximum absolute atomic E-state index is 13.7. The number of fused-ring (bicyclic) bond motifs is 3. The lowest BCUT2D eigenvalue weighted by Gasteiger charge is -2.33. The van der Waals surface area contributed by atoms with Crippen LogP contribution in [-0.4, -0.2) is 33.0 Å². The molecule has 1 atom stereocenters. The van der Waals surface area contributed by atoms with Crippen molar-refractivity contribution in [1.29, 1.82) is 0 Å². The zero-order valence-corrected chi connectivity index (χ0v) is 23.8. The summed E-state index contributed by atoms with van der Waals surface area (Å²) in [6, 6.07) is 19.7. The van der Waals surface area contributed by atoms with Crippen LogP contribution in [0.15, 0.2) is 70.8 Å². The van der Waals surface area contributed by atoms with Gasteiger partial charge in [-0.1, -0.05) is 73.8 Å². The van der Waals surface area contributed by atoms with Crippen LogP contribution in [-0.2, 0) is 22.6 Å². The number of para-hydroxylation sites is 2. The lowest BCUT2D eigenvalue weighted by molar-refractivity contribution is -0.115. The van der Waals surface area contributed by atoms with Crippen molar-refractivity contribution in [3.63, 3.8) is 0 Å². The van der Waals surface area contributed by atoms with E-state index >= 15 is 0 Å². The zero-order chi connectivity index (χ0) is 25.8. The summed E-state index contributed by atoms with van der Waals surface area (Å²) in [5, 5.41) is 2.79. The van der Waals surface area contributed by atoms with Gasteiger partial charge in [0.2, 0.25) is 5.91 Å². The molecule has 0 fully saturated rings. The summed E-state index contributed by atoms with van der Waals surface area (Å²) in [4.78, 5) is 27.6. The highest BCUT2D eigenvalue weighted by molar-refractivity contribution is 8.00. The average molecular weight is 550 g/mol. The van der Waals surface area contributed by atoms with Gasteiger partial charge in [-0.3, -0.25) is 9.69 Å². The molecule has 0 unspecified atom stereocenters. The fraction of sp³-hybridized carbons (Fsp3) is 0.345. The minimum Gasteiger partial charge on any atom is -0.369 e.